The van der Waals surface area contributed by atoms with Gasteiger partial charge in [-0.15, -0.1) is 0 Å². The van der Waals surface area contributed by atoms with Gasteiger partial charge >= 0.3 is 5.97 Å². The van der Waals surface area contributed by atoms with Gasteiger partial charge in [-0.1, -0.05) is 12.1 Å². The lowest BCUT2D eigenvalue weighted by atomic mass is 9.90. The molecule has 7 nitrogen and oxygen atoms in total. The van der Waals surface area contributed by atoms with Gasteiger partial charge in [0.1, 0.15) is 4.90 Å². The van der Waals surface area contributed by atoms with Crippen molar-refractivity contribution in [1.29, 1.82) is 0 Å². The summed E-state index contributed by atoms with van der Waals surface area (Å²) in [4.78, 5) is 28.9. The Morgan fingerprint density at radius 2 is 1.81 bits per heavy atom. The van der Waals surface area contributed by atoms with E-state index in [1.54, 1.807) is 6.07 Å². The van der Waals surface area contributed by atoms with E-state index in [4.69, 9.17) is 4.74 Å². The number of carbonyl (C=O) groups is 2. The Kier molecular flexibility index (Phi) is 6.48. The van der Waals surface area contributed by atoms with E-state index in [0.29, 0.717) is 18.4 Å². The highest BCUT2D eigenvalue weighted by molar-refractivity contribution is 7.89. The molecule has 0 amide bonds. The van der Waals surface area contributed by atoms with Gasteiger partial charge in [-0.2, -0.15) is 4.31 Å². The van der Waals surface area contributed by atoms with Gasteiger partial charge in [0, 0.05) is 31.0 Å². The Morgan fingerprint density at radius 3 is 2.52 bits per heavy atom. The number of pyridine rings is 1. The predicted molar refractivity (Wildman–Crippen MR) is 114 cm³/mol. The van der Waals surface area contributed by atoms with Crippen molar-refractivity contribution in [2.45, 2.75) is 43.4 Å². The van der Waals surface area contributed by atoms with E-state index in [9.17, 15) is 18.0 Å². The van der Waals surface area contributed by atoms with Crippen LogP contribution >= 0.6 is 0 Å². The van der Waals surface area contributed by atoms with Crippen LogP contribution in [0.4, 0.5) is 0 Å². The normalized spacial score (nSPS) is 17.7. The molecule has 8 heteroatoms. The van der Waals surface area contributed by atoms with Crippen LogP contribution in [0.2, 0.25) is 0 Å². The highest BCUT2D eigenvalue weighted by Crippen LogP contribution is 2.25. The number of carbonyl (C=O) groups excluding carboxylic acids is 2. The van der Waals surface area contributed by atoms with E-state index < -0.39 is 21.9 Å². The van der Waals surface area contributed by atoms with Crippen molar-refractivity contribution in [2.75, 3.05) is 19.7 Å². The van der Waals surface area contributed by atoms with Gasteiger partial charge in [-0.05, 0) is 67.9 Å². The highest BCUT2D eigenvalue weighted by Gasteiger charge is 2.33. The van der Waals surface area contributed by atoms with Crippen LogP contribution in [0.3, 0.4) is 0 Å². The summed E-state index contributed by atoms with van der Waals surface area (Å²) in [6.45, 7) is 0.178. The summed E-state index contributed by atoms with van der Waals surface area (Å²) in [5, 5.41) is 0. The third kappa shape index (κ3) is 4.85. The van der Waals surface area contributed by atoms with E-state index >= 15 is 0 Å². The summed E-state index contributed by atoms with van der Waals surface area (Å²) in [6, 6.07) is 8.82. The molecule has 0 unspecified atom stereocenters. The zero-order valence-electron chi connectivity index (χ0n) is 17.3. The third-order valence-corrected chi connectivity index (χ3v) is 7.96. The molecule has 0 radical (unpaired) electrons. The number of ether oxygens (including phenoxy) is 1. The number of piperidine rings is 1. The van der Waals surface area contributed by atoms with Gasteiger partial charge in [-0.3, -0.25) is 14.6 Å². The molecule has 0 spiro atoms. The molecule has 4 rings (SSSR count). The van der Waals surface area contributed by atoms with E-state index in [0.717, 1.165) is 19.3 Å². The second-order valence-corrected chi connectivity index (χ2v) is 10.0. The molecule has 2 heterocycles. The van der Waals surface area contributed by atoms with Gasteiger partial charge in [0.05, 0.1) is 5.92 Å². The van der Waals surface area contributed by atoms with E-state index in [1.807, 2.05) is 18.2 Å². The molecule has 0 bridgehead atoms. The summed E-state index contributed by atoms with van der Waals surface area (Å²) in [5.74, 6) is -1.06. The quantitative estimate of drug-likeness (QED) is 0.504. The molecule has 0 atom stereocenters. The number of sulfonamides is 1. The lowest BCUT2D eigenvalue weighted by Crippen LogP contribution is -2.40. The molecule has 0 saturated carbocycles. The van der Waals surface area contributed by atoms with Gasteiger partial charge in [0.25, 0.3) is 0 Å². The summed E-state index contributed by atoms with van der Waals surface area (Å²) < 4.78 is 32.0. The monoisotopic (exact) mass is 442 g/mol. The van der Waals surface area contributed by atoms with Gasteiger partial charge in [0.15, 0.2) is 12.4 Å². The number of fused-ring (bicyclic) bond motifs is 1. The topological polar surface area (TPSA) is 93.6 Å². The molecule has 1 aliphatic heterocycles. The van der Waals surface area contributed by atoms with Gasteiger partial charge < -0.3 is 4.74 Å². The Hall–Kier alpha value is -2.58. The number of nitrogens with zero attached hydrogens (tertiary/aromatic N) is 2. The molecule has 1 aromatic heterocycles. The number of aryl methyl sites for hydroxylation is 2. The Morgan fingerprint density at radius 1 is 1.06 bits per heavy atom. The second-order valence-electron chi connectivity index (χ2n) is 8.09. The number of rotatable bonds is 6. The molecule has 1 aromatic carbocycles. The Balaban J connectivity index is 1.29. The maximum absolute atomic E-state index is 12.7. The van der Waals surface area contributed by atoms with Crippen molar-refractivity contribution in [3.05, 3.63) is 59.4 Å². The minimum Gasteiger partial charge on any atom is -0.457 e. The number of Topliss-reactive ketones (excluding diaryl/α,β-unsaturated/α-hetero) is 1. The Labute approximate surface area is 182 Å². The third-order valence-electron chi connectivity index (χ3n) is 6.08. The van der Waals surface area contributed by atoms with Crippen LogP contribution in [-0.2, 0) is 32.4 Å². The molecule has 0 N–H and O–H groups in total. The maximum Gasteiger partial charge on any atom is 0.309 e. The average Bonchev–Trinajstić information content (AvgIpc) is 2.82. The first kappa shape index (κ1) is 21.6. The number of hydrogen-bond donors (Lipinski definition) is 0. The molecule has 1 fully saturated rings. The number of aromatic nitrogens is 1. The Bertz CT molecular complexity index is 1060. The van der Waals surface area contributed by atoms with Crippen LogP contribution in [0.15, 0.2) is 47.6 Å². The predicted octanol–water partition coefficient (Wildman–Crippen LogP) is 2.79. The maximum atomic E-state index is 12.7. The van der Waals surface area contributed by atoms with Crippen molar-refractivity contribution in [3.63, 3.8) is 0 Å². The van der Waals surface area contributed by atoms with Crippen molar-refractivity contribution in [2.24, 2.45) is 5.92 Å². The summed E-state index contributed by atoms with van der Waals surface area (Å²) in [6.07, 6.45) is 7.92. The van der Waals surface area contributed by atoms with Crippen molar-refractivity contribution >= 4 is 21.8 Å². The van der Waals surface area contributed by atoms with Crippen LogP contribution in [0.25, 0.3) is 0 Å². The molecule has 31 heavy (non-hydrogen) atoms. The zero-order valence-corrected chi connectivity index (χ0v) is 18.1. The van der Waals surface area contributed by atoms with Crippen molar-refractivity contribution in [3.8, 4) is 0 Å². The summed E-state index contributed by atoms with van der Waals surface area (Å²) in [7, 11) is -3.62. The standard InChI is InChI=1S/C23H26N2O5S/c26-22(20-8-7-17-4-1-2-5-19(17)14-20)16-30-23(27)18-9-12-25(13-10-18)31(28,29)21-6-3-11-24-15-21/h3,6-8,11,14-15,18H,1-2,4-5,9-10,12-13,16H2. The second kappa shape index (κ2) is 9.28. The molecular formula is C23H26N2O5S. The minimum atomic E-state index is -3.62. The van der Waals surface area contributed by atoms with Gasteiger partial charge in [0.2, 0.25) is 10.0 Å². The molecular weight excluding hydrogens is 416 g/mol. The average molecular weight is 443 g/mol. The minimum absolute atomic E-state index is 0.145. The van der Waals surface area contributed by atoms with Crippen molar-refractivity contribution < 1.29 is 22.7 Å². The lowest BCUT2D eigenvalue weighted by molar-refractivity contribution is -0.148. The first-order chi connectivity index (χ1) is 14.9. The number of benzene rings is 1. The first-order valence-electron chi connectivity index (χ1n) is 10.7. The summed E-state index contributed by atoms with van der Waals surface area (Å²) >= 11 is 0. The summed E-state index contributed by atoms with van der Waals surface area (Å²) in [5.41, 5.74) is 3.09. The SMILES string of the molecule is O=C(COC(=O)C1CCN(S(=O)(=O)c2cccnc2)CC1)c1ccc2c(c1)CCCC2. The zero-order chi connectivity index (χ0) is 21.8. The van der Waals surface area contributed by atoms with Crippen LogP contribution in [0, 0.1) is 5.92 Å². The molecule has 2 aromatic rings. The first-order valence-corrected chi connectivity index (χ1v) is 12.1. The molecule has 164 valence electrons. The van der Waals surface area contributed by atoms with E-state index in [2.05, 4.69) is 4.98 Å². The number of hydrogen-bond acceptors (Lipinski definition) is 6. The van der Waals surface area contributed by atoms with Crippen LogP contribution in [0.5, 0.6) is 0 Å². The van der Waals surface area contributed by atoms with Crippen LogP contribution in [0.1, 0.15) is 47.2 Å². The largest absolute Gasteiger partial charge is 0.457 e. The van der Waals surface area contributed by atoms with Gasteiger partial charge in [-0.25, -0.2) is 8.42 Å². The fourth-order valence-corrected chi connectivity index (χ4v) is 5.66. The molecule has 2 aliphatic rings. The highest BCUT2D eigenvalue weighted by atomic mass is 32.2. The van der Waals surface area contributed by atoms with Crippen LogP contribution in [-0.4, -0.2) is 49.2 Å². The molecule has 1 aliphatic carbocycles. The lowest BCUT2D eigenvalue weighted by Gasteiger charge is -2.30. The number of ketones is 1. The smallest absolute Gasteiger partial charge is 0.309 e. The van der Waals surface area contributed by atoms with E-state index in [-0.39, 0.29) is 30.4 Å². The fourth-order valence-electron chi connectivity index (χ4n) is 4.23. The van der Waals surface area contributed by atoms with Crippen LogP contribution < -0.4 is 0 Å². The fraction of sp³-hybridized carbons (Fsp3) is 0.435. The van der Waals surface area contributed by atoms with E-state index in [1.165, 1.54) is 40.3 Å². The van der Waals surface area contributed by atoms with Crippen molar-refractivity contribution in [1.82, 2.24) is 9.29 Å². The molecule has 1 saturated heterocycles. The number of esters is 1.